The molecule has 47 heavy (non-hydrogen) atoms. The number of furan rings is 1. The van der Waals surface area contributed by atoms with E-state index in [0.717, 1.165) is 27.3 Å². The summed E-state index contributed by atoms with van der Waals surface area (Å²) in [5.74, 6) is 0. The second-order valence-electron chi connectivity index (χ2n) is 12.4. The van der Waals surface area contributed by atoms with Crippen molar-refractivity contribution in [2.24, 2.45) is 0 Å². The minimum absolute atomic E-state index is 0.907. The van der Waals surface area contributed by atoms with Gasteiger partial charge in [0.15, 0.2) is 0 Å². The Balaban J connectivity index is 1.29. The summed E-state index contributed by atoms with van der Waals surface area (Å²) in [6.45, 7) is 0. The van der Waals surface area contributed by atoms with Crippen LogP contribution < -0.4 is 0 Å². The number of rotatable bonds is 3. The molecule has 10 aromatic rings. The topological polar surface area (TPSA) is 13.1 Å². The van der Waals surface area contributed by atoms with Gasteiger partial charge in [0.25, 0.3) is 0 Å². The Morgan fingerprint density at radius 1 is 0.319 bits per heavy atom. The maximum absolute atomic E-state index is 6.61. The summed E-state index contributed by atoms with van der Waals surface area (Å²) < 4.78 is 6.61. The molecule has 1 nitrogen and oxygen atoms in total. The molecule has 9 aromatic carbocycles. The quantitative estimate of drug-likeness (QED) is 0.185. The zero-order valence-electron chi connectivity index (χ0n) is 25.6. The van der Waals surface area contributed by atoms with Crippen LogP contribution in [0.25, 0.3) is 98.4 Å². The zero-order valence-corrected chi connectivity index (χ0v) is 25.6. The summed E-state index contributed by atoms with van der Waals surface area (Å²) in [6.07, 6.45) is 0. The van der Waals surface area contributed by atoms with E-state index < -0.39 is 0 Å². The normalized spacial score (nSPS) is 11.8. The lowest BCUT2D eigenvalue weighted by Crippen LogP contribution is -1.93. The number of hydrogen-bond acceptors (Lipinski definition) is 1. The Labute approximate surface area is 271 Å². The monoisotopic (exact) mass is 596 g/mol. The summed E-state index contributed by atoms with van der Waals surface area (Å²) in [7, 11) is 0. The highest BCUT2D eigenvalue weighted by Crippen LogP contribution is 2.48. The molecule has 0 aliphatic rings. The second-order valence-corrected chi connectivity index (χ2v) is 12.4. The van der Waals surface area contributed by atoms with Crippen molar-refractivity contribution < 1.29 is 4.42 Å². The van der Waals surface area contributed by atoms with Gasteiger partial charge in [-0.05, 0) is 89.3 Å². The van der Waals surface area contributed by atoms with Crippen LogP contribution in [0.5, 0.6) is 0 Å². The maximum Gasteiger partial charge on any atom is 0.143 e. The first-order valence-electron chi connectivity index (χ1n) is 16.2. The van der Waals surface area contributed by atoms with E-state index in [0.29, 0.717) is 0 Å². The number of hydrogen-bond donors (Lipinski definition) is 0. The van der Waals surface area contributed by atoms with Crippen molar-refractivity contribution >= 4 is 65.0 Å². The van der Waals surface area contributed by atoms with Crippen LogP contribution in [-0.4, -0.2) is 0 Å². The van der Waals surface area contributed by atoms with Gasteiger partial charge >= 0.3 is 0 Å². The van der Waals surface area contributed by atoms with Gasteiger partial charge in [0, 0.05) is 16.2 Å². The fourth-order valence-corrected chi connectivity index (χ4v) is 7.79. The first-order valence-corrected chi connectivity index (χ1v) is 16.2. The molecule has 1 aromatic heterocycles. The molecule has 0 aliphatic heterocycles. The molecule has 10 rings (SSSR count). The van der Waals surface area contributed by atoms with Gasteiger partial charge in [-0.3, -0.25) is 0 Å². The molecule has 0 bridgehead atoms. The van der Waals surface area contributed by atoms with E-state index in [1.807, 2.05) is 0 Å². The third kappa shape index (κ3) is 3.90. The van der Waals surface area contributed by atoms with E-state index in [4.69, 9.17) is 4.42 Å². The molecule has 0 spiro atoms. The van der Waals surface area contributed by atoms with Crippen molar-refractivity contribution in [3.8, 4) is 33.4 Å². The second kappa shape index (κ2) is 10.2. The molecule has 0 saturated carbocycles. The standard InChI is InChI=1S/C46H28O/c1-2-14-31-28-32(25-24-29(31)12-1)43-37-18-7-9-20-39(37)44(40-21-10-8-19-38(40)43)35-17-6-5-16-34(35)36-22-11-23-42-45(36)41-27-26-30-13-3-4-15-33(30)46(41)47-42/h1-28H. The molecular weight excluding hydrogens is 569 g/mol. The molecule has 1 heterocycles. The summed E-state index contributed by atoms with van der Waals surface area (Å²) in [5.41, 5.74) is 9.21. The van der Waals surface area contributed by atoms with Crippen LogP contribution >= 0.6 is 0 Å². The van der Waals surface area contributed by atoms with Gasteiger partial charge in [0.1, 0.15) is 11.2 Å². The van der Waals surface area contributed by atoms with Crippen LogP contribution in [0, 0.1) is 0 Å². The minimum Gasteiger partial charge on any atom is -0.455 e. The van der Waals surface area contributed by atoms with E-state index in [9.17, 15) is 0 Å². The molecule has 0 radical (unpaired) electrons. The Kier molecular flexibility index (Phi) is 5.64. The lowest BCUT2D eigenvalue weighted by molar-refractivity contribution is 0.673. The van der Waals surface area contributed by atoms with Crippen molar-refractivity contribution in [1.82, 2.24) is 0 Å². The Hall–Kier alpha value is -6.18. The van der Waals surface area contributed by atoms with Crippen LogP contribution in [-0.2, 0) is 0 Å². The lowest BCUT2D eigenvalue weighted by Gasteiger charge is -2.20. The summed E-state index contributed by atoms with van der Waals surface area (Å²) in [5, 5.41) is 12.1. The summed E-state index contributed by atoms with van der Waals surface area (Å²) >= 11 is 0. The first kappa shape index (κ1) is 26.1. The summed E-state index contributed by atoms with van der Waals surface area (Å²) in [6, 6.07) is 61.5. The largest absolute Gasteiger partial charge is 0.455 e. The smallest absolute Gasteiger partial charge is 0.143 e. The third-order valence-corrected chi connectivity index (χ3v) is 9.84. The van der Waals surface area contributed by atoms with Gasteiger partial charge in [-0.2, -0.15) is 0 Å². The van der Waals surface area contributed by atoms with E-state index in [2.05, 4.69) is 170 Å². The third-order valence-electron chi connectivity index (χ3n) is 9.84. The SMILES string of the molecule is c1ccc(-c2cccc3oc4c5ccccc5ccc4c23)c(-c2c3ccccc3c(-c3ccc4ccccc4c3)c3ccccc23)c1. The lowest BCUT2D eigenvalue weighted by atomic mass is 9.83. The molecule has 0 atom stereocenters. The highest BCUT2D eigenvalue weighted by atomic mass is 16.3. The van der Waals surface area contributed by atoms with Gasteiger partial charge in [-0.25, -0.2) is 0 Å². The molecule has 0 unspecified atom stereocenters. The van der Waals surface area contributed by atoms with Crippen molar-refractivity contribution in [3.63, 3.8) is 0 Å². The van der Waals surface area contributed by atoms with Gasteiger partial charge < -0.3 is 4.42 Å². The predicted octanol–water partition coefficient (Wildman–Crippen LogP) is 13.2. The molecule has 0 N–H and O–H groups in total. The maximum atomic E-state index is 6.61. The average molecular weight is 597 g/mol. The number of benzene rings is 9. The average Bonchev–Trinajstić information content (AvgIpc) is 3.53. The van der Waals surface area contributed by atoms with E-state index in [1.165, 1.54) is 71.1 Å². The summed E-state index contributed by atoms with van der Waals surface area (Å²) in [4.78, 5) is 0. The molecule has 0 fully saturated rings. The Morgan fingerprint density at radius 2 is 0.872 bits per heavy atom. The van der Waals surface area contributed by atoms with Crippen molar-refractivity contribution in [2.45, 2.75) is 0 Å². The molecular formula is C46H28O. The molecule has 218 valence electrons. The van der Waals surface area contributed by atoms with E-state index in [-0.39, 0.29) is 0 Å². The fraction of sp³-hybridized carbons (Fsp3) is 0. The fourth-order valence-electron chi connectivity index (χ4n) is 7.79. The van der Waals surface area contributed by atoms with Crippen LogP contribution in [0.3, 0.4) is 0 Å². The number of fused-ring (bicyclic) bond motifs is 8. The van der Waals surface area contributed by atoms with Crippen molar-refractivity contribution in [2.75, 3.05) is 0 Å². The van der Waals surface area contributed by atoms with Crippen LogP contribution in [0.4, 0.5) is 0 Å². The van der Waals surface area contributed by atoms with E-state index >= 15 is 0 Å². The van der Waals surface area contributed by atoms with Crippen molar-refractivity contribution in [3.05, 3.63) is 170 Å². The van der Waals surface area contributed by atoms with Gasteiger partial charge in [0.05, 0.1) is 0 Å². The zero-order chi connectivity index (χ0) is 30.9. The first-order chi connectivity index (χ1) is 23.3. The molecule has 0 aliphatic carbocycles. The van der Waals surface area contributed by atoms with Gasteiger partial charge in [-0.15, -0.1) is 0 Å². The highest BCUT2D eigenvalue weighted by molar-refractivity contribution is 6.24. The van der Waals surface area contributed by atoms with Crippen LogP contribution in [0.1, 0.15) is 0 Å². The molecule has 1 heteroatoms. The highest BCUT2D eigenvalue weighted by Gasteiger charge is 2.21. The van der Waals surface area contributed by atoms with E-state index in [1.54, 1.807) is 0 Å². The van der Waals surface area contributed by atoms with Crippen molar-refractivity contribution in [1.29, 1.82) is 0 Å². The minimum atomic E-state index is 0.907. The Morgan fingerprint density at radius 3 is 1.62 bits per heavy atom. The molecule has 0 amide bonds. The predicted molar refractivity (Wildman–Crippen MR) is 200 cm³/mol. The van der Waals surface area contributed by atoms with Gasteiger partial charge in [-0.1, -0.05) is 152 Å². The molecule has 0 saturated heterocycles. The van der Waals surface area contributed by atoms with Crippen LogP contribution in [0.15, 0.2) is 174 Å². The van der Waals surface area contributed by atoms with Gasteiger partial charge in [0.2, 0.25) is 0 Å². The van der Waals surface area contributed by atoms with Crippen LogP contribution in [0.2, 0.25) is 0 Å². The Bertz CT molecular complexity index is 2800.